The Labute approximate surface area is 157 Å². The smallest absolute Gasteiger partial charge is 0.279 e. The summed E-state index contributed by atoms with van der Waals surface area (Å²) in [5, 5.41) is 8.38. The lowest BCUT2D eigenvalue weighted by Crippen LogP contribution is -3.15. The van der Waals surface area contributed by atoms with Crippen molar-refractivity contribution in [3.05, 3.63) is 51.7 Å². The van der Waals surface area contributed by atoms with Crippen LogP contribution in [0.5, 0.6) is 0 Å². The molecule has 1 unspecified atom stereocenters. The number of likely N-dealkylation sites (N-methyl/N-ethyl adjacent to an activating group) is 1. The lowest BCUT2D eigenvalue weighted by Gasteiger charge is -2.20. The normalized spacial score (nSPS) is 13.1. The van der Waals surface area contributed by atoms with Gasteiger partial charge in [0.1, 0.15) is 0 Å². The third kappa shape index (κ3) is 6.49. The minimum absolute atomic E-state index is 0.0478. The van der Waals surface area contributed by atoms with Crippen LogP contribution in [0.4, 0.5) is 5.69 Å². The number of thiophene rings is 1. The molecule has 0 saturated heterocycles. The van der Waals surface area contributed by atoms with Gasteiger partial charge in [0, 0.05) is 22.1 Å². The number of quaternary nitrogens is 1. The summed E-state index contributed by atoms with van der Waals surface area (Å²) in [5.41, 5.74) is 0.690. The van der Waals surface area contributed by atoms with Crippen LogP contribution >= 0.6 is 22.9 Å². The largest absolute Gasteiger partial charge is 0.351 e. The lowest BCUT2D eigenvalue weighted by atomic mass is 10.2. The summed E-state index contributed by atoms with van der Waals surface area (Å²) in [4.78, 5) is 26.4. The third-order valence-corrected chi connectivity index (χ3v) is 5.14. The maximum absolute atomic E-state index is 12.2. The van der Waals surface area contributed by atoms with E-state index in [-0.39, 0.29) is 24.4 Å². The van der Waals surface area contributed by atoms with Crippen LogP contribution in [-0.4, -0.2) is 38.0 Å². The van der Waals surface area contributed by atoms with E-state index in [2.05, 4.69) is 16.7 Å². The van der Waals surface area contributed by atoms with Gasteiger partial charge in [0.15, 0.2) is 12.6 Å². The Morgan fingerprint density at radius 3 is 2.60 bits per heavy atom. The number of nitrogens with one attached hydrogen (secondary N) is 3. The molecule has 0 aliphatic rings. The van der Waals surface area contributed by atoms with Crippen molar-refractivity contribution >= 4 is 40.4 Å². The average Bonchev–Trinajstić information content (AvgIpc) is 3.09. The maximum Gasteiger partial charge on any atom is 0.279 e. The van der Waals surface area contributed by atoms with Crippen molar-refractivity contribution in [1.82, 2.24) is 5.32 Å². The van der Waals surface area contributed by atoms with Crippen molar-refractivity contribution in [2.75, 3.05) is 25.5 Å². The van der Waals surface area contributed by atoms with Crippen LogP contribution in [0.25, 0.3) is 0 Å². The second-order valence-corrected chi connectivity index (χ2v) is 7.39. The molecular weight excluding hydrogens is 358 g/mol. The van der Waals surface area contributed by atoms with E-state index in [1.165, 1.54) is 4.88 Å². The number of carbonyl (C=O) groups is 2. The van der Waals surface area contributed by atoms with Crippen molar-refractivity contribution in [1.29, 1.82) is 0 Å². The minimum atomic E-state index is -0.306. The molecule has 0 aliphatic heterocycles. The van der Waals surface area contributed by atoms with E-state index in [0.717, 1.165) is 11.3 Å². The first kappa shape index (κ1) is 19.4. The van der Waals surface area contributed by atoms with E-state index in [1.54, 1.807) is 35.6 Å². The molecule has 1 aromatic heterocycles. The van der Waals surface area contributed by atoms with Gasteiger partial charge in [-0.25, -0.2) is 0 Å². The number of carbonyl (C=O) groups excluding carboxylic acids is 2. The van der Waals surface area contributed by atoms with Gasteiger partial charge in [-0.2, -0.15) is 0 Å². The maximum atomic E-state index is 12.2. The van der Waals surface area contributed by atoms with Crippen molar-refractivity contribution in [3.8, 4) is 0 Å². The van der Waals surface area contributed by atoms with E-state index in [1.807, 2.05) is 25.4 Å². The van der Waals surface area contributed by atoms with E-state index >= 15 is 0 Å². The molecule has 3 N–H and O–H groups in total. The van der Waals surface area contributed by atoms with E-state index in [0.29, 0.717) is 17.3 Å². The van der Waals surface area contributed by atoms with Crippen LogP contribution in [0, 0.1) is 0 Å². The Kier molecular flexibility index (Phi) is 7.43. The molecule has 25 heavy (non-hydrogen) atoms. The molecule has 134 valence electrons. The monoisotopic (exact) mass is 380 g/mol. The van der Waals surface area contributed by atoms with Gasteiger partial charge in [0.25, 0.3) is 11.8 Å². The van der Waals surface area contributed by atoms with E-state index < -0.39 is 0 Å². The Hall–Kier alpha value is -1.89. The summed E-state index contributed by atoms with van der Waals surface area (Å²) >= 11 is 7.50. The van der Waals surface area contributed by atoms with Gasteiger partial charge in [0.05, 0.1) is 7.05 Å². The molecule has 2 atom stereocenters. The number of benzene rings is 1. The van der Waals surface area contributed by atoms with Crippen LogP contribution in [0.2, 0.25) is 5.02 Å². The molecule has 7 heteroatoms. The highest BCUT2D eigenvalue weighted by Crippen LogP contribution is 2.12. The van der Waals surface area contributed by atoms with Gasteiger partial charge in [-0.15, -0.1) is 11.3 Å². The zero-order chi connectivity index (χ0) is 18.2. The summed E-state index contributed by atoms with van der Waals surface area (Å²) in [6, 6.07) is 10.7. The number of rotatable bonds is 8. The molecule has 0 aliphatic carbocycles. The molecule has 1 aromatic carbocycles. The number of hydrogen-bond acceptors (Lipinski definition) is 3. The third-order valence-electron chi connectivity index (χ3n) is 3.95. The molecule has 5 nitrogen and oxygen atoms in total. The summed E-state index contributed by atoms with van der Waals surface area (Å²) < 4.78 is 0. The first-order valence-electron chi connectivity index (χ1n) is 8.13. The standard InChI is InChI=1S/C18H22ClN3O2S/c1-13(18(24)20-10-9-16-4-3-11-25-16)22(2)12-17(23)21-15-7-5-14(19)6-8-15/h3-8,11,13H,9-10,12H2,1-2H3,(H,20,24)(H,21,23)/p+1/t13-/m1/s1. The highest BCUT2D eigenvalue weighted by molar-refractivity contribution is 7.09. The molecule has 2 aromatic rings. The average molecular weight is 381 g/mol. The van der Waals surface area contributed by atoms with E-state index in [9.17, 15) is 9.59 Å². The van der Waals surface area contributed by atoms with Gasteiger partial charge in [-0.1, -0.05) is 17.7 Å². The quantitative estimate of drug-likeness (QED) is 0.651. The van der Waals surface area contributed by atoms with Crippen LogP contribution in [-0.2, 0) is 16.0 Å². The Bertz CT molecular complexity index is 689. The van der Waals surface area contributed by atoms with Crippen LogP contribution in [0.3, 0.4) is 0 Å². The van der Waals surface area contributed by atoms with Gasteiger partial charge < -0.3 is 15.5 Å². The predicted molar refractivity (Wildman–Crippen MR) is 102 cm³/mol. The van der Waals surface area contributed by atoms with Crippen molar-refractivity contribution in [2.24, 2.45) is 0 Å². The Morgan fingerprint density at radius 1 is 1.24 bits per heavy atom. The van der Waals surface area contributed by atoms with E-state index in [4.69, 9.17) is 11.6 Å². The molecule has 2 rings (SSSR count). The molecule has 0 fully saturated rings. The summed E-state index contributed by atoms with van der Waals surface area (Å²) in [7, 11) is 1.84. The van der Waals surface area contributed by atoms with Gasteiger partial charge in [-0.3, -0.25) is 9.59 Å². The molecule has 2 amide bonds. The molecule has 0 radical (unpaired) electrons. The number of hydrogen-bond donors (Lipinski definition) is 3. The molecule has 0 bridgehead atoms. The Morgan fingerprint density at radius 2 is 1.96 bits per heavy atom. The van der Waals surface area contributed by atoms with Gasteiger partial charge in [-0.05, 0) is 49.1 Å². The molecular formula is C18H23ClN3O2S+. The second-order valence-electron chi connectivity index (χ2n) is 5.92. The fraction of sp³-hybridized carbons (Fsp3) is 0.333. The lowest BCUT2D eigenvalue weighted by molar-refractivity contribution is -0.885. The summed E-state index contributed by atoms with van der Waals surface area (Å²) in [6.07, 6.45) is 0.826. The highest BCUT2D eigenvalue weighted by Gasteiger charge is 2.23. The van der Waals surface area contributed by atoms with Gasteiger partial charge >= 0.3 is 0 Å². The van der Waals surface area contributed by atoms with Crippen LogP contribution in [0.1, 0.15) is 11.8 Å². The van der Waals surface area contributed by atoms with Gasteiger partial charge in [0.2, 0.25) is 0 Å². The van der Waals surface area contributed by atoms with Crippen molar-refractivity contribution in [3.63, 3.8) is 0 Å². The van der Waals surface area contributed by atoms with Crippen LogP contribution < -0.4 is 15.5 Å². The fourth-order valence-electron chi connectivity index (χ4n) is 2.29. The Balaban J connectivity index is 1.74. The first-order valence-corrected chi connectivity index (χ1v) is 9.39. The van der Waals surface area contributed by atoms with Crippen LogP contribution in [0.15, 0.2) is 41.8 Å². The summed E-state index contributed by atoms with van der Waals surface area (Å²) in [6.45, 7) is 2.64. The first-order chi connectivity index (χ1) is 12.0. The van der Waals surface area contributed by atoms with Crippen molar-refractivity contribution in [2.45, 2.75) is 19.4 Å². The second kappa shape index (κ2) is 9.56. The number of amides is 2. The zero-order valence-electron chi connectivity index (χ0n) is 14.3. The predicted octanol–water partition coefficient (Wildman–Crippen LogP) is 1.60. The van der Waals surface area contributed by atoms with Crippen molar-refractivity contribution < 1.29 is 14.5 Å². The molecule has 0 saturated carbocycles. The zero-order valence-corrected chi connectivity index (χ0v) is 15.9. The molecule has 0 spiro atoms. The highest BCUT2D eigenvalue weighted by atomic mass is 35.5. The SMILES string of the molecule is C[C@H](C(=O)NCCc1cccs1)[NH+](C)CC(=O)Nc1ccc(Cl)cc1. The number of halogens is 1. The fourth-order valence-corrected chi connectivity index (χ4v) is 3.12. The summed E-state index contributed by atoms with van der Waals surface area (Å²) in [5.74, 6) is -0.189. The minimum Gasteiger partial charge on any atom is -0.351 e. The topological polar surface area (TPSA) is 62.6 Å². The number of anilines is 1. The molecule has 1 heterocycles.